The van der Waals surface area contributed by atoms with Crippen molar-refractivity contribution in [2.45, 2.75) is 31.6 Å². The van der Waals surface area contributed by atoms with Gasteiger partial charge < -0.3 is 4.74 Å². The van der Waals surface area contributed by atoms with Crippen molar-refractivity contribution in [2.24, 2.45) is 5.92 Å². The Hall–Kier alpha value is -1.15. The van der Waals surface area contributed by atoms with Crippen molar-refractivity contribution < 1.29 is 9.53 Å². The molecule has 90 valence electrons. The standard InChI is InChI=1S/C15H18O2/c16-15(9-11-5-7-17-8-6-11)14-10-12-3-1-2-4-13(12)14/h1-4,11,14H,5-10H2. The maximum absolute atomic E-state index is 12.2. The molecule has 2 nitrogen and oxygen atoms in total. The van der Waals surface area contributed by atoms with E-state index in [2.05, 4.69) is 18.2 Å². The lowest BCUT2D eigenvalue weighted by Crippen LogP contribution is -2.28. The van der Waals surface area contributed by atoms with Crippen LogP contribution in [0.3, 0.4) is 0 Å². The molecule has 0 aromatic heterocycles. The van der Waals surface area contributed by atoms with Crippen molar-refractivity contribution in [2.75, 3.05) is 13.2 Å². The summed E-state index contributed by atoms with van der Waals surface area (Å²) in [6, 6.07) is 8.32. The van der Waals surface area contributed by atoms with Gasteiger partial charge in [-0.15, -0.1) is 0 Å². The molecule has 1 fully saturated rings. The van der Waals surface area contributed by atoms with E-state index in [1.165, 1.54) is 11.1 Å². The minimum absolute atomic E-state index is 0.189. The molecule has 3 rings (SSSR count). The lowest BCUT2D eigenvalue weighted by atomic mass is 9.73. The van der Waals surface area contributed by atoms with E-state index in [-0.39, 0.29) is 5.92 Å². The maximum Gasteiger partial charge on any atom is 0.140 e. The molecular formula is C15H18O2. The highest BCUT2D eigenvalue weighted by molar-refractivity contribution is 5.88. The molecule has 1 saturated heterocycles. The summed E-state index contributed by atoms with van der Waals surface area (Å²) in [4.78, 5) is 12.2. The molecule has 0 bridgehead atoms. The number of fused-ring (bicyclic) bond motifs is 1. The van der Waals surface area contributed by atoms with Crippen LogP contribution in [0.5, 0.6) is 0 Å². The second-order valence-corrected chi connectivity index (χ2v) is 5.18. The summed E-state index contributed by atoms with van der Waals surface area (Å²) in [7, 11) is 0. The van der Waals surface area contributed by atoms with E-state index in [9.17, 15) is 4.79 Å². The molecule has 2 aliphatic rings. The molecule has 0 spiro atoms. The molecule has 1 heterocycles. The molecule has 2 heteroatoms. The molecule has 1 unspecified atom stereocenters. The van der Waals surface area contributed by atoms with Gasteiger partial charge in [-0.25, -0.2) is 0 Å². The van der Waals surface area contributed by atoms with Gasteiger partial charge in [0.2, 0.25) is 0 Å². The van der Waals surface area contributed by atoms with Crippen LogP contribution < -0.4 is 0 Å². The van der Waals surface area contributed by atoms with Crippen LogP contribution in [-0.4, -0.2) is 19.0 Å². The van der Waals surface area contributed by atoms with Crippen LogP contribution in [0.4, 0.5) is 0 Å². The second-order valence-electron chi connectivity index (χ2n) is 5.18. The van der Waals surface area contributed by atoms with Gasteiger partial charge in [0.15, 0.2) is 0 Å². The van der Waals surface area contributed by atoms with Crippen LogP contribution in [0.15, 0.2) is 24.3 Å². The molecule has 1 aromatic rings. The first-order valence-corrected chi connectivity index (χ1v) is 6.53. The summed E-state index contributed by atoms with van der Waals surface area (Å²) < 4.78 is 5.33. The summed E-state index contributed by atoms with van der Waals surface area (Å²) in [5, 5.41) is 0. The molecule has 1 aromatic carbocycles. The van der Waals surface area contributed by atoms with Crippen molar-refractivity contribution in [1.29, 1.82) is 0 Å². The largest absolute Gasteiger partial charge is 0.381 e. The predicted octanol–water partition coefficient (Wildman–Crippen LogP) is 2.71. The van der Waals surface area contributed by atoms with Crippen molar-refractivity contribution in [3.63, 3.8) is 0 Å². The van der Waals surface area contributed by atoms with E-state index >= 15 is 0 Å². The number of ether oxygens (including phenoxy) is 1. The van der Waals surface area contributed by atoms with Gasteiger partial charge in [-0.2, -0.15) is 0 Å². The van der Waals surface area contributed by atoms with E-state index in [1.54, 1.807) is 0 Å². The van der Waals surface area contributed by atoms with Gasteiger partial charge >= 0.3 is 0 Å². The smallest absolute Gasteiger partial charge is 0.140 e. The molecule has 0 radical (unpaired) electrons. The van der Waals surface area contributed by atoms with Gasteiger partial charge in [0, 0.05) is 25.6 Å². The highest BCUT2D eigenvalue weighted by Crippen LogP contribution is 2.37. The number of hydrogen-bond acceptors (Lipinski definition) is 2. The Balaban J connectivity index is 1.61. The number of carbonyl (C=O) groups is 1. The van der Waals surface area contributed by atoms with Gasteiger partial charge in [-0.1, -0.05) is 24.3 Å². The normalized spacial score (nSPS) is 23.9. The number of Topliss-reactive ketones (excluding diaryl/α,β-unsaturated/α-hetero) is 1. The zero-order chi connectivity index (χ0) is 11.7. The molecule has 0 saturated carbocycles. The third-order valence-corrected chi connectivity index (χ3v) is 4.07. The van der Waals surface area contributed by atoms with E-state index in [0.717, 1.165) is 38.9 Å². The van der Waals surface area contributed by atoms with Gasteiger partial charge in [-0.05, 0) is 36.3 Å². The fourth-order valence-corrected chi connectivity index (χ4v) is 2.92. The highest BCUT2D eigenvalue weighted by atomic mass is 16.5. The third-order valence-electron chi connectivity index (χ3n) is 4.07. The lowest BCUT2D eigenvalue weighted by molar-refractivity contribution is -0.122. The Morgan fingerprint density at radius 3 is 2.76 bits per heavy atom. The topological polar surface area (TPSA) is 26.3 Å². The fraction of sp³-hybridized carbons (Fsp3) is 0.533. The Morgan fingerprint density at radius 2 is 2.00 bits per heavy atom. The molecule has 1 aliphatic carbocycles. The molecule has 0 N–H and O–H groups in total. The van der Waals surface area contributed by atoms with Crippen LogP contribution in [0, 0.1) is 5.92 Å². The van der Waals surface area contributed by atoms with Crippen molar-refractivity contribution >= 4 is 5.78 Å². The van der Waals surface area contributed by atoms with Crippen molar-refractivity contribution in [3.8, 4) is 0 Å². The Labute approximate surface area is 102 Å². The fourth-order valence-electron chi connectivity index (χ4n) is 2.92. The van der Waals surface area contributed by atoms with Crippen LogP contribution in [0.1, 0.15) is 36.3 Å². The van der Waals surface area contributed by atoms with Crippen LogP contribution >= 0.6 is 0 Å². The summed E-state index contributed by atoms with van der Waals surface area (Å²) in [6.45, 7) is 1.67. The van der Waals surface area contributed by atoms with Gasteiger partial charge in [0.25, 0.3) is 0 Å². The third kappa shape index (κ3) is 2.14. The molecule has 0 amide bonds. The summed E-state index contributed by atoms with van der Waals surface area (Å²) in [5.41, 5.74) is 2.63. The first-order chi connectivity index (χ1) is 8.34. The van der Waals surface area contributed by atoms with Crippen LogP contribution in [0.2, 0.25) is 0 Å². The SMILES string of the molecule is O=C(CC1CCOCC1)C1Cc2ccccc21. The number of ketones is 1. The molecular weight excluding hydrogens is 212 g/mol. The number of rotatable bonds is 3. The van der Waals surface area contributed by atoms with Crippen molar-refractivity contribution in [1.82, 2.24) is 0 Å². The first kappa shape index (κ1) is 11.0. The number of hydrogen-bond donors (Lipinski definition) is 0. The van der Waals surface area contributed by atoms with E-state index in [4.69, 9.17) is 4.74 Å². The highest BCUT2D eigenvalue weighted by Gasteiger charge is 2.32. The lowest BCUT2D eigenvalue weighted by Gasteiger charge is -2.30. The summed E-state index contributed by atoms with van der Waals surface area (Å²) in [6.07, 6.45) is 3.82. The van der Waals surface area contributed by atoms with Crippen LogP contribution in [0.25, 0.3) is 0 Å². The quantitative estimate of drug-likeness (QED) is 0.798. The maximum atomic E-state index is 12.2. The zero-order valence-corrected chi connectivity index (χ0v) is 10.0. The average Bonchev–Trinajstić information content (AvgIpc) is 2.32. The number of carbonyl (C=O) groups excluding carboxylic acids is 1. The minimum atomic E-state index is 0.189. The van der Waals surface area contributed by atoms with Gasteiger partial charge in [-0.3, -0.25) is 4.79 Å². The van der Waals surface area contributed by atoms with Gasteiger partial charge in [0.05, 0.1) is 0 Å². The molecule has 1 aliphatic heterocycles. The zero-order valence-electron chi connectivity index (χ0n) is 10.0. The van der Waals surface area contributed by atoms with E-state index in [0.29, 0.717) is 11.7 Å². The summed E-state index contributed by atoms with van der Waals surface area (Å²) >= 11 is 0. The average molecular weight is 230 g/mol. The van der Waals surface area contributed by atoms with Gasteiger partial charge in [0.1, 0.15) is 5.78 Å². The molecule has 17 heavy (non-hydrogen) atoms. The van der Waals surface area contributed by atoms with E-state index in [1.807, 2.05) is 6.07 Å². The monoisotopic (exact) mass is 230 g/mol. The number of benzene rings is 1. The van der Waals surface area contributed by atoms with E-state index < -0.39 is 0 Å². The Bertz CT molecular complexity index is 419. The van der Waals surface area contributed by atoms with Crippen LogP contribution in [-0.2, 0) is 16.0 Å². The Morgan fingerprint density at radius 1 is 1.24 bits per heavy atom. The Kier molecular flexibility index (Phi) is 2.98. The summed E-state index contributed by atoms with van der Waals surface area (Å²) in [5.74, 6) is 1.19. The van der Waals surface area contributed by atoms with Crippen molar-refractivity contribution in [3.05, 3.63) is 35.4 Å². The minimum Gasteiger partial charge on any atom is -0.381 e. The molecule has 1 atom stereocenters. The second kappa shape index (κ2) is 4.61. The predicted molar refractivity (Wildman–Crippen MR) is 66.1 cm³/mol. The first-order valence-electron chi connectivity index (χ1n) is 6.53.